The average molecular weight is 115 g/mol. The number of rotatable bonds is 1. The summed E-state index contributed by atoms with van der Waals surface area (Å²) in [7, 11) is 4.01. The fourth-order valence-corrected chi connectivity index (χ4v) is 0.924. The molecule has 1 saturated heterocycles. The largest absolute Gasteiger partial charge is 0.303 e. The predicted octanol–water partition coefficient (Wildman–Crippen LogP) is -0.894. The molecule has 0 aliphatic carbocycles. The summed E-state index contributed by atoms with van der Waals surface area (Å²) in [5.74, 6) is 5.47. The van der Waals surface area contributed by atoms with E-state index >= 15 is 0 Å². The summed E-state index contributed by atoms with van der Waals surface area (Å²) < 4.78 is 0. The van der Waals surface area contributed by atoms with Gasteiger partial charge in [-0.05, 0) is 7.05 Å². The van der Waals surface area contributed by atoms with Gasteiger partial charge in [0.15, 0.2) is 0 Å². The Morgan fingerprint density at radius 1 is 1.62 bits per heavy atom. The minimum atomic E-state index is 0.597. The maximum Gasteiger partial charge on any atom is 0.0492 e. The molecule has 3 nitrogen and oxygen atoms in total. The maximum absolute atomic E-state index is 5.47. The lowest BCUT2D eigenvalue weighted by Crippen LogP contribution is -2.58. The Bertz CT molecular complexity index is 75.7. The van der Waals surface area contributed by atoms with Crippen LogP contribution in [0.4, 0.5) is 0 Å². The second kappa shape index (κ2) is 2.01. The van der Waals surface area contributed by atoms with Crippen LogP contribution in [0.1, 0.15) is 0 Å². The van der Waals surface area contributed by atoms with Gasteiger partial charge < -0.3 is 4.90 Å². The predicted molar refractivity (Wildman–Crippen MR) is 33.2 cm³/mol. The van der Waals surface area contributed by atoms with Gasteiger partial charge in [0.1, 0.15) is 0 Å². The molecule has 2 N–H and O–H groups in total. The van der Waals surface area contributed by atoms with Crippen LogP contribution in [0.2, 0.25) is 0 Å². The Kier molecular flexibility index (Phi) is 1.51. The highest BCUT2D eigenvalue weighted by Gasteiger charge is 2.24. The fourth-order valence-electron chi connectivity index (χ4n) is 0.924. The summed E-state index contributed by atoms with van der Waals surface area (Å²) in [5, 5.41) is 1.78. The summed E-state index contributed by atoms with van der Waals surface area (Å²) in [6.45, 7) is 2.24. The zero-order valence-corrected chi connectivity index (χ0v) is 5.46. The third-order valence-corrected chi connectivity index (χ3v) is 1.62. The Balaban J connectivity index is 2.15. The van der Waals surface area contributed by atoms with Gasteiger partial charge in [-0.15, -0.1) is 0 Å². The van der Waals surface area contributed by atoms with Crippen molar-refractivity contribution in [2.24, 2.45) is 5.84 Å². The molecule has 0 radical (unpaired) electrons. The van der Waals surface area contributed by atoms with E-state index in [2.05, 4.69) is 11.9 Å². The van der Waals surface area contributed by atoms with E-state index in [-0.39, 0.29) is 0 Å². The number of hydrazine groups is 1. The highest BCUT2D eigenvalue weighted by molar-refractivity contribution is 4.81. The van der Waals surface area contributed by atoms with Gasteiger partial charge in [0.25, 0.3) is 0 Å². The molecule has 0 spiro atoms. The van der Waals surface area contributed by atoms with E-state index in [1.165, 1.54) is 0 Å². The van der Waals surface area contributed by atoms with Crippen molar-refractivity contribution in [1.82, 2.24) is 9.91 Å². The van der Waals surface area contributed by atoms with Crippen molar-refractivity contribution in [1.29, 1.82) is 0 Å². The molecule has 1 rings (SSSR count). The molecular formula is C5H13N3. The van der Waals surface area contributed by atoms with Crippen LogP contribution < -0.4 is 5.84 Å². The molecule has 0 amide bonds. The molecule has 3 heteroatoms. The topological polar surface area (TPSA) is 32.5 Å². The van der Waals surface area contributed by atoms with Gasteiger partial charge in [-0.25, -0.2) is 5.01 Å². The van der Waals surface area contributed by atoms with Crippen LogP contribution in [0.3, 0.4) is 0 Å². The van der Waals surface area contributed by atoms with Crippen molar-refractivity contribution in [2.75, 3.05) is 27.2 Å². The van der Waals surface area contributed by atoms with Crippen LogP contribution in [0.5, 0.6) is 0 Å². The van der Waals surface area contributed by atoms with Crippen LogP contribution in [0.25, 0.3) is 0 Å². The van der Waals surface area contributed by atoms with Crippen molar-refractivity contribution in [3.05, 3.63) is 0 Å². The van der Waals surface area contributed by atoms with E-state index in [0.29, 0.717) is 6.04 Å². The molecule has 0 aromatic heterocycles. The van der Waals surface area contributed by atoms with Gasteiger partial charge in [-0.2, -0.15) is 0 Å². The summed E-state index contributed by atoms with van der Waals surface area (Å²) in [5.41, 5.74) is 0. The fraction of sp³-hybridized carbons (Fsp3) is 1.00. The number of nitrogens with zero attached hydrogens (tertiary/aromatic N) is 2. The Morgan fingerprint density at radius 3 is 2.25 bits per heavy atom. The van der Waals surface area contributed by atoms with E-state index in [1.54, 1.807) is 5.01 Å². The number of nitrogens with two attached hydrogens (primary N) is 1. The zero-order chi connectivity index (χ0) is 6.15. The lowest BCUT2D eigenvalue weighted by Gasteiger charge is -2.39. The Morgan fingerprint density at radius 2 is 2.12 bits per heavy atom. The van der Waals surface area contributed by atoms with Gasteiger partial charge in [0.2, 0.25) is 0 Å². The van der Waals surface area contributed by atoms with Crippen LogP contribution >= 0.6 is 0 Å². The number of hydrogen-bond acceptors (Lipinski definition) is 3. The first kappa shape index (κ1) is 6.01. The van der Waals surface area contributed by atoms with Gasteiger partial charge in [-0.1, -0.05) is 0 Å². The second-order valence-corrected chi connectivity index (χ2v) is 2.54. The van der Waals surface area contributed by atoms with Crippen LogP contribution in [-0.4, -0.2) is 43.1 Å². The van der Waals surface area contributed by atoms with Crippen LogP contribution in [0, 0.1) is 0 Å². The molecule has 1 aliphatic heterocycles. The van der Waals surface area contributed by atoms with E-state index in [0.717, 1.165) is 13.1 Å². The van der Waals surface area contributed by atoms with E-state index in [4.69, 9.17) is 5.84 Å². The molecular weight excluding hydrogens is 102 g/mol. The summed E-state index contributed by atoms with van der Waals surface area (Å²) >= 11 is 0. The molecule has 0 saturated carbocycles. The average Bonchev–Trinajstić information content (AvgIpc) is 1.57. The maximum atomic E-state index is 5.47. The van der Waals surface area contributed by atoms with Crippen molar-refractivity contribution in [3.63, 3.8) is 0 Å². The molecule has 0 unspecified atom stereocenters. The molecule has 8 heavy (non-hydrogen) atoms. The highest BCUT2D eigenvalue weighted by atomic mass is 15.4. The third kappa shape index (κ3) is 0.992. The number of likely N-dealkylation sites (tertiary alicyclic amines) is 1. The minimum absolute atomic E-state index is 0.597. The van der Waals surface area contributed by atoms with Crippen molar-refractivity contribution < 1.29 is 0 Å². The van der Waals surface area contributed by atoms with Gasteiger partial charge >= 0.3 is 0 Å². The van der Waals surface area contributed by atoms with Crippen LogP contribution in [0.15, 0.2) is 0 Å². The lowest BCUT2D eigenvalue weighted by atomic mass is 10.1. The molecule has 48 valence electrons. The molecule has 0 aromatic rings. The number of hydrogen-bond donors (Lipinski definition) is 1. The standard InChI is InChI=1S/C5H13N3/c1-7-3-5(4-7)8(2)6/h5H,3-4,6H2,1-2H3. The summed E-state index contributed by atoms with van der Waals surface area (Å²) in [6.07, 6.45) is 0. The Hall–Kier alpha value is -0.120. The molecule has 1 aliphatic rings. The zero-order valence-electron chi connectivity index (χ0n) is 5.46. The quantitative estimate of drug-likeness (QED) is 0.355. The number of likely N-dealkylation sites (N-methyl/N-ethyl adjacent to an activating group) is 2. The van der Waals surface area contributed by atoms with Gasteiger partial charge in [0.05, 0.1) is 0 Å². The van der Waals surface area contributed by atoms with E-state index in [1.807, 2.05) is 7.05 Å². The smallest absolute Gasteiger partial charge is 0.0492 e. The summed E-state index contributed by atoms with van der Waals surface area (Å²) in [4.78, 5) is 2.24. The highest BCUT2D eigenvalue weighted by Crippen LogP contribution is 2.06. The SMILES string of the molecule is CN1CC(N(C)N)C1. The minimum Gasteiger partial charge on any atom is -0.303 e. The van der Waals surface area contributed by atoms with Gasteiger partial charge in [0, 0.05) is 26.2 Å². The molecule has 0 bridgehead atoms. The molecule has 1 fully saturated rings. The third-order valence-electron chi connectivity index (χ3n) is 1.62. The Labute approximate surface area is 50.0 Å². The normalized spacial score (nSPS) is 24.0. The van der Waals surface area contributed by atoms with E-state index < -0.39 is 0 Å². The van der Waals surface area contributed by atoms with Crippen LogP contribution in [-0.2, 0) is 0 Å². The lowest BCUT2D eigenvalue weighted by molar-refractivity contribution is 0.0709. The summed E-state index contributed by atoms with van der Waals surface area (Å²) in [6, 6.07) is 0.597. The first-order chi connectivity index (χ1) is 3.70. The molecule has 0 aromatic carbocycles. The molecule has 0 atom stereocenters. The molecule has 1 heterocycles. The van der Waals surface area contributed by atoms with Gasteiger partial charge in [-0.3, -0.25) is 5.84 Å². The van der Waals surface area contributed by atoms with Crippen molar-refractivity contribution in [3.8, 4) is 0 Å². The van der Waals surface area contributed by atoms with Crippen molar-refractivity contribution in [2.45, 2.75) is 6.04 Å². The van der Waals surface area contributed by atoms with E-state index in [9.17, 15) is 0 Å². The second-order valence-electron chi connectivity index (χ2n) is 2.54. The van der Waals surface area contributed by atoms with Crippen molar-refractivity contribution >= 4 is 0 Å². The monoisotopic (exact) mass is 115 g/mol. The first-order valence-corrected chi connectivity index (χ1v) is 2.86. The first-order valence-electron chi connectivity index (χ1n) is 2.86.